The van der Waals surface area contributed by atoms with Crippen molar-refractivity contribution in [2.45, 2.75) is 4.90 Å². The number of aromatic nitrogens is 1. The summed E-state index contributed by atoms with van der Waals surface area (Å²) >= 11 is 5.79. The first-order chi connectivity index (χ1) is 11.0. The van der Waals surface area contributed by atoms with Gasteiger partial charge in [-0.15, -0.1) is 0 Å². The van der Waals surface area contributed by atoms with Gasteiger partial charge < -0.3 is 5.32 Å². The molecular weight excluding hydrogens is 334 g/mol. The van der Waals surface area contributed by atoms with Gasteiger partial charge in [-0.1, -0.05) is 11.6 Å². The van der Waals surface area contributed by atoms with E-state index in [2.05, 4.69) is 15.0 Å². The van der Waals surface area contributed by atoms with E-state index in [1.54, 1.807) is 37.5 Å². The molecule has 0 atom stereocenters. The van der Waals surface area contributed by atoms with Crippen LogP contribution in [0.1, 0.15) is 0 Å². The van der Waals surface area contributed by atoms with Gasteiger partial charge >= 0.3 is 0 Å². The standard InChI is InChI=1S/C16H14ClN3O2S/c1-18-16-15-7-4-13(10-11(15)8-9-19-16)20-23(21,22)14-5-2-12(17)3-6-14/h2-10,20H,1H3,(H,18,19). The number of benzene rings is 2. The lowest BCUT2D eigenvalue weighted by Gasteiger charge is -2.10. The van der Waals surface area contributed by atoms with E-state index in [0.29, 0.717) is 10.7 Å². The first kappa shape index (κ1) is 15.6. The average molecular weight is 348 g/mol. The highest BCUT2D eigenvalue weighted by Gasteiger charge is 2.14. The van der Waals surface area contributed by atoms with E-state index in [9.17, 15) is 8.42 Å². The number of rotatable bonds is 4. The topological polar surface area (TPSA) is 71.1 Å². The van der Waals surface area contributed by atoms with Crippen molar-refractivity contribution in [2.24, 2.45) is 0 Å². The Morgan fingerprint density at radius 2 is 1.78 bits per heavy atom. The van der Waals surface area contributed by atoms with Gasteiger partial charge in [0.1, 0.15) is 5.82 Å². The van der Waals surface area contributed by atoms with Crippen LogP contribution in [0.2, 0.25) is 5.02 Å². The van der Waals surface area contributed by atoms with Crippen molar-refractivity contribution in [3.05, 3.63) is 59.8 Å². The van der Waals surface area contributed by atoms with Crippen LogP contribution in [0.3, 0.4) is 0 Å². The number of pyridine rings is 1. The van der Waals surface area contributed by atoms with Gasteiger partial charge in [-0.3, -0.25) is 4.72 Å². The molecule has 0 fully saturated rings. The summed E-state index contributed by atoms with van der Waals surface area (Å²) in [5.74, 6) is 0.745. The maximum Gasteiger partial charge on any atom is 0.261 e. The molecule has 0 unspecified atom stereocenters. The van der Waals surface area contributed by atoms with Gasteiger partial charge in [-0.05, 0) is 53.9 Å². The summed E-state index contributed by atoms with van der Waals surface area (Å²) in [6.07, 6.45) is 1.67. The van der Waals surface area contributed by atoms with Crippen molar-refractivity contribution < 1.29 is 8.42 Å². The highest BCUT2D eigenvalue weighted by atomic mass is 35.5. The van der Waals surface area contributed by atoms with Gasteiger partial charge in [0, 0.05) is 29.3 Å². The van der Waals surface area contributed by atoms with Crippen molar-refractivity contribution in [3.8, 4) is 0 Å². The zero-order valence-electron chi connectivity index (χ0n) is 12.2. The lowest BCUT2D eigenvalue weighted by atomic mass is 10.1. The summed E-state index contributed by atoms with van der Waals surface area (Å²) in [7, 11) is -1.86. The van der Waals surface area contributed by atoms with E-state index in [1.807, 2.05) is 12.1 Å². The van der Waals surface area contributed by atoms with Gasteiger partial charge in [0.05, 0.1) is 4.90 Å². The number of hydrogen-bond acceptors (Lipinski definition) is 4. The molecule has 0 aliphatic rings. The molecule has 1 aromatic heterocycles. The van der Waals surface area contributed by atoms with E-state index in [1.165, 1.54) is 12.1 Å². The smallest absolute Gasteiger partial charge is 0.261 e. The monoisotopic (exact) mass is 347 g/mol. The summed E-state index contributed by atoms with van der Waals surface area (Å²) in [5.41, 5.74) is 0.487. The van der Waals surface area contributed by atoms with Crippen LogP contribution in [-0.2, 0) is 10.0 Å². The SMILES string of the molecule is CNc1nccc2cc(NS(=O)(=O)c3ccc(Cl)cc3)ccc12. The van der Waals surface area contributed by atoms with Crippen LogP contribution >= 0.6 is 11.6 Å². The molecule has 0 amide bonds. The quantitative estimate of drug-likeness (QED) is 0.754. The van der Waals surface area contributed by atoms with Gasteiger partial charge in [-0.2, -0.15) is 0 Å². The lowest BCUT2D eigenvalue weighted by molar-refractivity contribution is 0.601. The van der Waals surface area contributed by atoms with Crippen LogP contribution in [-0.4, -0.2) is 20.4 Å². The Bertz CT molecular complexity index is 957. The Balaban J connectivity index is 1.96. The van der Waals surface area contributed by atoms with Crippen molar-refractivity contribution in [2.75, 3.05) is 17.1 Å². The van der Waals surface area contributed by atoms with Crippen molar-refractivity contribution in [3.63, 3.8) is 0 Å². The summed E-state index contributed by atoms with van der Waals surface area (Å²) < 4.78 is 27.4. The number of hydrogen-bond donors (Lipinski definition) is 2. The first-order valence-electron chi connectivity index (χ1n) is 6.84. The molecule has 0 saturated heterocycles. The van der Waals surface area contributed by atoms with Gasteiger partial charge in [0.2, 0.25) is 0 Å². The summed E-state index contributed by atoms with van der Waals surface area (Å²) in [6.45, 7) is 0. The molecule has 0 saturated carbocycles. The molecule has 5 nitrogen and oxygen atoms in total. The van der Waals surface area contributed by atoms with E-state index >= 15 is 0 Å². The summed E-state index contributed by atoms with van der Waals surface area (Å²) in [4.78, 5) is 4.38. The maximum atomic E-state index is 12.4. The molecule has 2 N–H and O–H groups in total. The molecule has 3 rings (SSSR count). The molecule has 2 aromatic carbocycles. The normalized spacial score (nSPS) is 11.4. The number of nitrogens with one attached hydrogen (secondary N) is 2. The van der Waals surface area contributed by atoms with Crippen LogP contribution in [0.5, 0.6) is 0 Å². The molecule has 0 spiro atoms. The lowest BCUT2D eigenvalue weighted by Crippen LogP contribution is -2.12. The number of fused-ring (bicyclic) bond motifs is 1. The Labute approximate surface area is 139 Å². The Hall–Kier alpha value is -2.31. The molecule has 118 valence electrons. The highest BCUT2D eigenvalue weighted by Crippen LogP contribution is 2.25. The predicted molar refractivity (Wildman–Crippen MR) is 93.6 cm³/mol. The molecule has 0 bridgehead atoms. The fourth-order valence-electron chi connectivity index (χ4n) is 2.27. The third kappa shape index (κ3) is 3.23. The molecule has 0 aliphatic heterocycles. The number of nitrogens with zero attached hydrogens (tertiary/aromatic N) is 1. The van der Waals surface area contributed by atoms with Crippen molar-refractivity contribution >= 4 is 43.9 Å². The van der Waals surface area contributed by atoms with E-state index in [0.717, 1.165) is 16.6 Å². The molecular formula is C16H14ClN3O2S. The van der Waals surface area contributed by atoms with Gasteiger partial charge in [0.15, 0.2) is 0 Å². The third-order valence-corrected chi connectivity index (χ3v) is 5.03. The zero-order chi connectivity index (χ0) is 16.4. The Kier molecular flexibility index (Phi) is 4.11. The fraction of sp³-hybridized carbons (Fsp3) is 0.0625. The van der Waals surface area contributed by atoms with Crippen LogP contribution in [0.25, 0.3) is 10.8 Å². The second kappa shape index (κ2) is 6.06. The summed E-state index contributed by atoms with van der Waals surface area (Å²) in [5, 5.41) is 5.30. The Morgan fingerprint density at radius 1 is 1.04 bits per heavy atom. The third-order valence-electron chi connectivity index (χ3n) is 3.38. The maximum absolute atomic E-state index is 12.4. The highest BCUT2D eigenvalue weighted by molar-refractivity contribution is 7.92. The second-order valence-electron chi connectivity index (χ2n) is 4.90. The number of sulfonamides is 1. The molecule has 23 heavy (non-hydrogen) atoms. The van der Waals surface area contributed by atoms with Gasteiger partial charge in [0.25, 0.3) is 10.0 Å². The Morgan fingerprint density at radius 3 is 2.48 bits per heavy atom. The minimum absolute atomic E-state index is 0.160. The first-order valence-corrected chi connectivity index (χ1v) is 8.70. The van der Waals surface area contributed by atoms with Gasteiger partial charge in [-0.25, -0.2) is 13.4 Å². The largest absolute Gasteiger partial charge is 0.373 e. The van der Waals surface area contributed by atoms with Crippen molar-refractivity contribution in [1.82, 2.24) is 4.98 Å². The average Bonchev–Trinajstić information content (AvgIpc) is 2.54. The molecule has 7 heteroatoms. The number of anilines is 2. The van der Waals surface area contributed by atoms with Crippen LogP contribution in [0.15, 0.2) is 59.6 Å². The van der Waals surface area contributed by atoms with Crippen molar-refractivity contribution in [1.29, 1.82) is 0 Å². The molecule has 3 aromatic rings. The molecule has 0 radical (unpaired) electrons. The minimum atomic E-state index is -3.65. The van der Waals surface area contributed by atoms with E-state index in [4.69, 9.17) is 11.6 Å². The minimum Gasteiger partial charge on any atom is -0.373 e. The van der Waals surface area contributed by atoms with E-state index < -0.39 is 10.0 Å². The fourth-order valence-corrected chi connectivity index (χ4v) is 3.44. The molecule has 1 heterocycles. The van der Waals surface area contributed by atoms with Crippen LogP contribution in [0.4, 0.5) is 11.5 Å². The zero-order valence-corrected chi connectivity index (χ0v) is 13.8. The predicted octanol–water partition coefficient (Wildman–Crippen LogP) is 3.73. The van der Waals surface area contributed by atoms with Crippen LogP contribution in [0, 0.1) is 0 Å². The number of halogens is 1. The van der Waals surface area contributed by atoms with Crippen LogP contribution < -0.4 is 10.0 Å². The summed E-state index contributed by atoms with van der Waals surface area (Å²) in [6, 6.07) is 13.2. The second-order valence-corrected chi connectivity index (χ2v) is 7.02. The van der Waals surface area contributed by atoms with E-state index in [-0.39, 0.29) is 4.90 Å². The molecule has 0 aliphatic carbocycles.